The van der Waals surface area contributed by atoms with Crippen molar-refractivity contribution < 1.29 is 72.2 Å². The molecule has 0 saturated heterocycles. The van der Waals surface area contributed by atoms with Crippen LogP contribution in [-0.4, -0.2) is 19.4 Å². The molecule has 0 nitrogen and oxygen atoms in total. The molecule has 0 amide bonds. The molecule has 0 saturated carbocycles. The summed E-state index contributed by atoms with van der Waals surface area (Å²) >= 11 is 0. The molecule has 0 aliphatic heterocycles. The van der Waals surface area contributed by atoms with Gasteiger partial charge in [0.25, 0.3) is 0 Å². The maximum Gasteiger partial charge on any atom is 1.00 e. The van der Waals surface area contributed by atoms with Crippen LogP contribution in [0.15, 0.2) is 0 Å². The average molecular weight is 179 g/mol. The van der Waals surface area contributed by atoms with Gasteiger partial charge in [0.2, 0.25) is 0 Å². The largest absolute Gasteiger partial charge is 1.00 e. The fourth-order valence-electron chi connectivity index (χ4n) is 0. The predicted octanol–water partition coefficient (Wildman–Crippen LogP) is -4.45. The van der Waals surface area contributed by atoms with E-state index >= 15 is 0 Å². The van der Waals surface area contributed by atoms with Gasteiger partial charge in [0.1, 0.15) is 0 Å². The maximum absolute atomic E-state index is 0. The molecule has 0 aromatic heterocycles. The molecule has 0 spiro atoms. The zero-order valence-electron chi connectivity index (χ0n) is 4.78. The summed E-state index contributed by atoms with van der Waals surface area (Å²) in [4.78, 5) is 0. The van der Waals surface area contributed by atoms with Crippen molar-refractivity contribution in [2.24, 2.45) is 0 Å². The summed E-state index contributed by atoms with van der Waals surface area (Å²) in [6.45, 7) is 0. The van der Waals surface area contributed by atoms with Crippen molar-refractivity contribution in [2.45, 2.75) is 0 Å². The molecule has 5 heteroatoms. The number of hydrogen-bond donors (Lipinski definition) is 0. The van der Waals surface area contributed by atoms with Crippen molar-refractivity contribution >= 4 is 19.4 Å². The SMILES string of the molecule is [B].[H-].[Na+].[SiH3].[Ti].[Zn]. The normalized spacial score (nSPS) is 0. The van der Waals surface area contributed by atoms with Crippen molar-refractivity contribution in [1.82, 2.24) is 0 Å². The van der Waals surface area contributed by atoms with E-state index in [0.717, 1.165) is 0 Å². The van der Waals surface area contributed by atoms with Crippen molar-refractivity contribution in [1.29, 1.82) is 0 Å². The van der Waals surface area contributed by atoms with Crippen LogP contribution < -0.4 is 29.6 Å². The van der Waals surface area contributed by atoms with Crippen LogP contribution in [0.2, 0.25) is 0 Å². The Bertz CT molecular complexity index is 15.5. The van der Waals surface area contributed by atoms with E-state index in [1.54, 1.807) is 0 Å². The first-order valence-electron chi connectivity index (χ1n) is 0. The van der Waals surface area contributed by atoms with E-state index in [0.29, 0.717) is 0 Å². The summed E-state index contributed by atoms with van der Waals surface area (Å²) in [7, 11) is 0. The molecule has 0 bridgehead atoms. The molecule has 0 rings (SSSR count). The van der Waals surface area contributed by atoms with Gasteiger partial charge in [-0.15, -0.1) is 0 Å². The molecule has 0 aliphatic carbocycles. The van der Waals surface area contributed by atoms with Gasteiger partial charge in [0, 0.05) is 49.6 Å². The molecule has 0 heterocycles. The van der Waals surface area contributed by atoms with E-state index in [1.165, 1.54) is 0 Å². The van der Waals surface area contributed by atoms with Gasteiger partial charge in [0.05, 0.1) is 0 Å². The van der Waals surface area contributed by atoms with Crippen molar-refractivity contribution in [3.8, 4) is 0 Å². The van der Waals surface area contributed by atoms with Crippen LogP contribution in [0.25, 0.3) is 0 Å². The molecule has 0 N–H and O–H groups in total. The Morgan fingerprint density at radius 2 is 1.20 bits per heavy atom. The van der Waals surface area contributed by atoms with Crippen LogP contribution in [0.1, 0.15) is 1.43 Å². The van der Waals surface area contributed by atoms with E-state index in [-0.39, 0.29) is 91.6 Å². The van der Waals surface area contributed by atoms with Crippen LogP contribution in [0.5, 0.6) is 0 Å². The molecule has 0 atom stereocenters. The molecule has 0 unspecified atom stereocenters. The Kier molecular flexibility index (Phi) is 296. The Labute approximate surface area is 90.3 Å². The minimum absolute atomic E-state index is 0. The van der Waals surface area contributed by atoms with Crippen molar-refractivity contribution in [2.75, 3.05) is 0 Å². The first kappa shape index (κ1) is 48.7. The monoisotopic (exact) mass is 178 g/mol. The summed E-state index contributed by atoms with van der Waals surface area (Å²) < 4.78 is 0. The fourth-order valence-corrected chi connectivity index (χ4v) is 0. The van der Waals surface area contributed by atoms with Gasteiger partial charge in [-0.05, 0) is 11.0 Å². The smallest absolute Gasteiger partial charge is 1.00 e. The first-order chi connectivity index (χ1) is 0. The third-order valence-electron chi connectivity index (χ3n) is 0. The molecule has 5 heavy (non-hydrogen) atoms. The van der Waals surface area contributed by atoms with Gasteiger partial charge < -0.3 is 1.43 Å². The standard InChI is InChI=1S/B.Na.H3Si.Ti.Zn.H/h;;1H3;;;/q;+1;;;;-1. The molecule has 18 valence electrons. The summed E-state index contributed by atoms with van der Waals surface area (Å²) in [5.41, 5.74) is 0. The zero-order chi connectivity index (χ0) is 0. The number of hydrogen-bond acceptors (Lipinski definition) is 0. The minimum atomic E-state index is 0. The first-order valence-corrected chi connectivity index (χ1v) is 0. The maximum atomic E-state index is 0. The van der Waals surface area contributed by atoms with Gasteiger partial charge in [-0.3, -0.25) is 0 Å². The molecular weight excluding hydrogens is 175 g/mol. The van der Waals surface area contributed by atoms with Crippen LogP contribution in [0.3, 0.4) is 0 Å². The van der Waals surface area contributed by atoms with Crippen molar-refractivity contribution in [3.05, 3.63) is 0 Å². The third kappa shape index (κ3) is 20.6. The van der Waals surface area contributed by atoms with E-state index < -0.39 is 0 Å². The van der Waals surface area contributed by atoms with Crippen LogP contribution >= 0.6 is 0 Å². The second-order valence-electron chi connectivity index (χ2n) is 0. The van der Waals surface area contributed by atoms with E-state index in [4.69, 9.17) is 0 Å². The van der Waals surface area contributed by atoms with Gasteiger partial charge in [-0.2, -0.15) is 0 Å². The number of rotatable bonds is 0. The molecule has 0 aliphatic rings. The van der Waals surface area contributed by atoms with Gasteiger partial charge >= 0.3 is 29.6 Å². The third-order valence-corrected chi connectivity index (χ3v) is 0. The van der Waals surface area contributed by atoms with E-state index in [1.807, 2.05) is 0 Å². The van der Waals surface area contributed by atoms with Crippen molar-refractivity contribution in [3.63, 3.8) is 0 Å². The topological polar surface area (TPSA) is 0 Å². The summed E-state index contributed by atoms with van der Waals surface area (Å²) in [6, 6.07) is 0. The summed E-state index contributed by atoms with van der Waals surface area (Å²) in [5.74, 6) is 0. The van der Waals surface area contributed by atoms with Crippen LogP contribution in [0.4, 0.5) is 0 Å². The Balaban J connectivity index is 0. The Hall–Kier alpha value is 2.62. The molecule has 0 aromatic rings. The van der Waals surface area contributed by atoms with Gasteiger partial charge in [-0.1, -0.05) is 0 Å². The van der Waals surface area contributed by atoms with E-state index in [9.17, 15) is 0 Å². The molecule has 0 aromatic carbocycles. The second kappa shape index (κ2) is 30.5. The second-order valence-corrected chi connectivity index (χ2v) is 0. The Morgan fingerprint density at radius 3 is 1.20 bits per heavy atom. The molecule has 4 radical (unpaired) electrons. The molecule has 0 fully saturated rings. The predicted molar refractivity (Wildman–Crippen MR) is 16.8 cm³/mol. The zero-order valence-corrected chi connectivity index (χ0v) is 12.3. The Morgan fingerprint density at radius 1 is 1.20 bits per heavy atom. The summed E-state index contributed by atoms with van der Waals surface area (Å²) in [5, 5.41) is 0. The van der Waals surface area contributed by atoms with Crippen LogP contribution in [-0.2, 0) is 41.2 Å². The van der Waals surface area contributed by atoms with Gasteiger partial charge in [0.15, 0.2) is 0 Å². The quantitative estimate of drug-likeness (QED) is 0.329. The van der Waals surface area contributed by atoms with E-state index in [2.05, 4.69) is 0 Å². The van der Waals surface area contributed by atoms with Crippen LogP contribution in [0, 0.1) is 0 Å². The molecular formula is H4BNaSiTiZn. The summed E-state index contributed by atoms with van der Waals surface area (Å²) in [6.07, 6.45) is 0. The fraction of sp³-hybridized carbons (Fsp3) is 0. The minimum Gasteiger partial charge on any atom is -1.00 e. The average Bonchev–Trinajstić information content (AvgIpc) is 0. The van der Waals surface area contributed by atoms with Gasteiger partial charge in [-0.25, -0.2) is 0 Å².